The highest BCUT2D eigenvalue weighted by Crippen LogP contribution is 2.24. The van der Waals surface area contributed by atoms with Gasteiger partial charge in [0.1, 0.15) is 44.1 Å². The molecule has 10 nitrogen and oxygen atoms in total. The molecule has 4 aromatic heterocycles. The summed E-state index contributed by atoms with van der Waals surface area (Å²) in [5, 5.41) is 16.3. The smallest absolute Gasteiger partial charge is 0.271 e. The maximum atomic E-state index is 13.6. The zero-order valence-electron chi connectivity index (χ0n) is 18.8. The molecule has 2 aliphatic carbocycles. The normalized spacial score (nSPS) is 16.2. The van der Waals surface area contributed by atoms with Gasteiger partial charge >= 0.3 is 0 Å². The number of hydrogen-bond donors (Lipinski definition) is 2. The Balaban J connectivity index is 1.72. The van der Waals surface area contributed by atoms with E-state index in [0.29, 0.717) is 25.7 Å². The molecule has 2 aliphatic rings. The Labute approximate surface area is 195 Å². The van der Waals surface area contributed by atoms with Crippen LogP contribution in [-0.2, 0) is 25.7 Å². The van der Waals surface area contributed by atoms with E-state index in [0.717, 1.165) is 63.2 Å². The Morgan fingerprint density at radius 3 is 1.34 bits per heavy atom. The standard InChI is InChI=1S/C25H20N6O4/c26-20-10-6-2-1-3-8-12(10)22-28-16-14(24(34)30(20)22)19(33)17-15(18(16)32)25(35)31-21(27)11-7-4-5-9-13(11)23(31)29-17/h26-27H,1-9H2. The van der Waals surface area contributed by atoms with Crippen molar-refractivity contribution in [1.82, 2.24) is 18.8 Å². The average Bonchev–Trinajstić information content (AvgIpc) is 3.14. The minimum Gasteiger partial charge on any atom is -0.287 e. The van der Waals surface area contributed by atoms with Crippen molar-refractivity contribution in [2.24, 2.45) is 0 Å². The fourth-order valence-electron chi connectivity index (χ4n) is 6.11. The molecule has 0 radical (unpaired) electrons. The first-order valence-corrected chi connectivity index (χ1v) is 12.0. The van der Waals surface area contributed by atoms with Crippen LogP contribution in [0.2, 0.25) is 0 Å². The van der Waals surface area contributed by atoms with Crippen molar-refractivity contribution in [3.05, 3.63) is 74.4 Å². The van der Waals surface area contributed by atoms with Gasteiger partial charge in [0.15, 0.2) is 0 Å². The number of rotatable bonds is 0. The van der Waals surface area contributed by atoms with Crippen LogP contribution in [0, 0.1) is 10.8 Å². The van der Waals surface area contributed by atoms with Gasteiger partial charge in [-0.15, -0.1) is 0 Å². The molecule has 0 spiro atoms. The van der Waals surface area contributed by atoms with Gasteiger partial charge in [0, 0.05) is 22.3 Å². The maximum absolute atomic E-state index is 13.6. The van der Waals surface area contributed by atoms with Crippen molar-refractivity contribution in [3.63, 3.8) is 0 Å². The van der Waals surface area contributed by atoms with Crippen LogP contribution in [0.3, 0.4) is 0 Å². The first-order valence-electron chi connectivity index (χ1n) is 12.0. The third kappa shape index (κ3) is 2.38. The van der Waals surface area contributed by atoms with E-state index in [2.05, 4.69) is 9.97 Å². The van der Waals surface area contributed by atoms with Crippen molar-refractivity contribution in [1.29, 1.82) is 10.8 Å². The molecule has 2 N–H and O–H groups in total. The van der Waals surface area contributed by atoms with Crippen LogP contribution in [0.25, 0.3) is 33.1 Å². The highest BCUT2D eigenvalue weighted by molar-refractivity contribution is 5.95. The maximum Gasteiger partial charge on any atom is 0.271 e. The second kappa shape index (κ2) is 6.74. The first-order chi connectivity index (χ1) is 16.9. The van der Waals surface area contributed by atoms with Crippen LogP contribution < -0.4 is 33.0 Å². The highest BCUT2D eigenvalue weighted by Gasteiger charge is 2.27. The summed E-state index contributed by atoms with van der Waals surface area (Å²) in [4.78, 5) is 63.0. The van der Waals surface area contributed by atoms with Crippen molar-refractivity contribution in [2.45, 2.75) is 57.8 Å². The lowest BCUT2D eigenvalue weighted by atomic mass is 9.95. The van der Waals surface area contributed by atoms with Crippen LogP contribution in [0.5, 0.6) is 0 Å². The Morgan fingerprint density at radius 2 is 0.914 bits per heavy atom. The summed E-state index contributed by atoms with van der Waals surface area (Å²) < 4.78 is 2.25. The monoisotopic (exact) mass is 468 g/mol. The molecule has 0 aliphatic heterocycles. The Hall–Kier alpha value is -4.08. The van der Waals surface area contributed by atoms with Gasteiger partial charge in [0.05, 0.1) is 0 Å². The molecular weight excluding hydrogens is 448 g/mol. The van der Waals surface area contributed by atoms with E-state index in [-0.39, 0.29) is 33.3 Å². The quantitative estimate of drug-likeness (QED) is 0.244. The Bertz CT molecular complexity index is 2110. The van der Waals surface area contributed by atoms with Gasteiger partial charge in [0.2, 0.25) is 10.9 Å². The lowest BCUT2D eigenvalue weighted by Crippen LogP contribution is -2.34. The van der Waals surface area contributed by atoms with E-state index in [4.69, 9.17) is 10.8 Å². The summed E-state index contributed by atoms with van der Waals surface area (Å²) in [5.41, 5.74) is -0.467. The Morgan fingerprint density at radius 1 is 0.543 bits per heavy atom. The third-order valence-electron chi connectivity index (χ3n) is 7.80. The largest absolute Gasteiger partial charge is 0.287 e. The van der Waals surface area contributed by atoms with Gasteiger partial charge in [0.25, 0.3) is 11.1 Å². The lowest BCUT2D eigenvalue weighted by Gasteiger charge is -2.09. The van der Waals surface area contributed by atoms with Crippen LogP contribution in [0.15, 0.2) is 19.2 Å². The van der Waals surface area contributed by atoms with E-state index in [1.165, 1.54) is 0 Å². The highest BCUT2D eigenvalue weighted by atomic mass is 16.2. The van der Waals surface area contributed by atoms with Gasteiger partial charge in [-0.05, 0) is 51.4 Å². The number of aryl methyl sites for hydroxylation is 2. The molecule has 174 valence electrons. The fourth-order valence-corrected chi connectivity index (χ4v) is 6.11. The SMILES string of the molecule is N=c1c2c(c3nc4c(=O)c5c(=O)n6c(=N)c7c(c6nc5c(=O)c4c(=O)n13)CCCC7)CCCCC2. The van der Waals surface area contributed by atoms with Crippen LogP contribution in [0.4, 0.5) is 0 Å². The van der Waals surface area contributed by atoms with E-state index in [1.54, 1.807) is 0 Å². The molecule has 35 heavy (non-hydrogen) atoms. The molecule has 0 saturated carbocycles. The van der Waals surface area contributed by atoms with Gasteiger partial charge in [-0.3, -0.25) is 30.0 Å². The topological polar surface area (TPSA) is 151 Å². The van der Waals surface area contributed by atoms with Gasteiger partial charge in [-0.1, -0.05) is 6.42 Å². The van der Waals surface area contributed by atoms with E-state index in [9.17, 15) is 19.2 Å². The molecule has 4 heterocycles. The van der Waals surface area contributed by atoms with Gasteiger partial charge in [-0.2, -0.15) is 0 Å². The molecule has 0 bridgehead atoms. The van der Waals surface area contributed by atoms with Crippen LogP contribution in [0.1, 0.15) is 54.4 Å². The van der Waals surface area contributed by atoms with Crippen molar-refractivity contribution >= 4 is 33.1 Å². The summed E-state index contributed by atoms with van der Waals surface area (Å²) in [7, 11) is 0. The van der Waals surface area contributed by atoms with Gasteiger partial charge < -0.3 is 0 Å². The summed E-state index contributed by atoms with van der Waals surface area (Å²) in [6.45, 7) is 0. The predicted octanol–water partition coefficient (Wildman–Crippen LogP) is 0.149. The number of benzene rings is 1. The second-order valence-electron chi connectivity index (χ2n) is 9.64. The van der Waals surface area contributed by atoms with Gasteiger partial charge in [-0.25, -0.2) is 18.8 Å². The minimum absolute atomic E-state index is 0.00438. The molecular formula is C25H20N6O4. The molecule has 1 aromatic carbocycles. The zero-order valence-corrected chi connectivity index (χ0v) is 18.8. The number of nitrogens with zero attached hydrogens (tertiary/aromatic N) is 4. The molecule has 0 fully saturated rings. The summed E-state index contributed by atoms with van der Waals surface area (Å²) >= 11 is 0. The molecule has 0 atom stereocenters. The average molecular weight is 468 g/mol. The minimum atomic E-state index is -0.825. The molecule has 10 heteroatoms. The number of hydrogen-bond acceptors (Lipinski definition) is 8. The predicted molar refractivity (Wildman–Crippen MR) is 127 cm³/mol. The third-order valence-corrected chi connectivity index (χ3v) is 7.80. The van der Waals surface area contributed by atoms with E-state index < -0.39 is 32.7 Å². The number of nitrogens with one attached hydrogen (secondary N) is 2. The molecule has 0 unspecified atom stereocenters. The van der Waals surface area contributed by atoms with Crippen molar-refractivity contribution in [3.8, 4) is 0 Å². The summed E-state index contributed by atoms with van der Waals surface area (Å²) in [6.07, 6.45) is 7.08. The lowest BCUT2D eigenvalue weighted by molar-refractivity contribution is 0.685. The molecule has 0 saturated heterocycles. The zero-order chi connectivity index (χ0) is 24.2. The van der Waals surface area contributed by atoms with Crippen LogP contribution >= 0.6 is 0 Å². The van der Waals surface area contributed by atoms with Crippen LogP contribution in [-0.4, -0.2) is 18.8 Å². The Kier molecular flexibility index (Phi) is 3.91. The number of aromatic nitrogens is 4. The molecule has 7 rings (SSSR count). The second-order valence-corrected chi connectivity index (χ2v) is 9.64. The van der Waals surface area contributed by atoms with Crippen molar-refractivity contribution < 1.29 is 0 Å². The summed E-state index contributed by atoms with van der Waals surface area (Å²) in [6, 6.07) is 0. The number of fused-ring (bicyclic) bond motifs is 8. The molecule has 5 aromatic rings. The fraction of sp³-hybridized carbons (Fsp3) is 0.360. The van der Waals surface area contributed by atoms with E-state index in [1.807, 2.05) is 0 Å². The first kappa shape index (κ1) is 20.3. The molecule has 0 amide bonds. The van der Waals surface area contributed by atoms with Crippen molar-refractivity contribution in [2.75, 3.05) is 0 Å². The van der Waals surface area contributed by atoms with E-state index >= 15 is 0 Å². The summed E-state index contributed by atoms with van der Waals surface area (Å²) in [5.74, 6) is 0.